The van der Waals surface area contributed by atoms with Crippen molar-refractivity contribution >= 4 is 48.4 Å². The summed E-state index contributed by atoms with van der Waals surface area (Å²) in [4.78, 5) is 12.3. The molecule has 0 saturated carbocycles. The smallest absolute Gasteiger partial charge is 0.306 e. The molecule has 0 aliphatic carbocycles. The van der Waals surface area contributed by atoms with Crippen LogP contribution in [0.25, 0.3) is 6.08 Å². The zero-order valence-corrected chi connectivity index (χ0v) is 18.6. The van der Waals surface area contributed by atoms with Crippen LogP contribution in [0, 0.1) is 17.2 Å². The van der Waals surface area contributed by atoms with Crippen LogP contribution in [-0.4, -0.2) is 44.9 Å². The summed E-state index contributed by atoms with van der Waals surface area (Å²) < 4.78 is 51.1. The maximum absolute atomic E-state index is 12.3. The summed E-state index contributed by atoms with van der Waals surface area (Å²) in [7, 11) is -7.27. The van der Waals surface area contributed by atoms with Gasteiger partial charge in [-0.25, -0.2) is 8.42 Å². The minimum absolute atomic E-state index is 0.0552. The van der Waals surface area contributed by atoms with Crippen LogP contribution in [0.2, 0.25) is 0 Å². The lowest BCUT2D eigenvalue weighted by Gasteiger charge is -2.03. The minimum Gasteiger partial charge on any atom is -0.383 e. The Balaban J connectivity index is 2.15. The molecule has 1 aromatic carbocycles. The first kappa shape index (κ1) is 23.5. The lowest BCUT2D eigenvalue weighted by molar-refractivity contribution is -0.112. The van der Waals surface area contributed by atoms with Gasteiger partial charge in [0.15, 0.2) is 0 Å². The van der Waals surface area contributed by atoms with Gasteiger partial charge in [0.05, 0.1) is 12.0 Å². The lowest BCUT2D eigenvalue weighted by Crippen LogP contribution is -2.13. The Morgan fingerprint density at radius 2 is 1.87 bits per heavy atom. The molecule has 0 fully saturated rings. The molecule has 1 amide bonds. The molecule has 2 rings (SSSR count). The van der Waals surface area contributed by atoms with Crippen LogP contribution in [0.3, 0.4) is 0 Å². The zero-order valence-electron chi connectivity index (χ0n) is 16.2. The molecular weight excluding hydrogens is 452 g/mol. The number of amides is 1. The fourth-order valence-corrected chi connectivity index (χ4v) is 5.24. The largest absolute Gasteiger partial charge is 0.383 e. The van der Waals surface area contributed by atoms with Crippen molar-refractivity contribution in [2.45, 2.75) is 18.2 Å². The molecule has 0 unspecified atom stereocenters. The lowest BCUT2D eigenvalue weighted by atomic mass is 10.1. The van der Waals surface area contributed by atoms with Gasteiger partial charge in [0.25, 0.3) is 5.91 Å². The van der Waals surface area contributed by atoms with Crippen molar-refractivity contribution in [2.75, 3.05) is 17.3 Å². The predicted octanol–water partition coefficient (Wildman–Crippen LogP) is 1.85. The number of sulfone groups is 1. The number of hydrogen-bond acceptors (Lipinski definition) is 10. The summed E-state index contributed by atoms with van der Waals surface area (Å²) >= 11 is 0.699. The third-order valence-electron chi connectivity index (χ3n) is 3.25. The molecule has 0 bridgehead atoms. The van der Waals surface area contributed by atoms with Gasteiger partial charge in [-0.2, -0.15) is 13.7 Å². The quantitative estimate of drug-likeness (QED) is 0.263. The molecule has 0 radical (unpaired) electrons. The number of nitrogens with zero attached hydrogens (tertiary/aromatic N) is 3. The summed E-state index contributed by atoms with van der Waals surface area (Å²) in [5, 5.41) is 18.8. The average Bonchev–Trinajstić information content (AvgIpc) is 3.08. The van der Waals surface area contributed by atoms with Crippen LogP contribution in [-0.2, 0) is 24.7 Å². The Labute approximate surface area is 178 Å². The fraction of sp³-hybridized carbons (Fsp3) is 0.294. The van der Waals surface area contributed by atoms with Gasteiger partial charge in [-0.15, -0.1) is 10.2 Å². The Kier molecular flexibility index (Phi) is 7.30. The standard InChI is InChI=1S/C17H18N4O6S3/c1-11(2)10-30(25,26)17-21-20-16(28-17)19-15(22)13(9-18)8-12-4-6-14(7-5-12)27-29(3,23)24/h4-8,11H,10H2,1-3H3,(H,19,20,22)/b13-8-. The normalized spacial score (nSPS) is 12.4. The van der Waals surface area contributed by atoms with Gasteiger partial charge in [-0.05, 0) is 29.7 Å². The number of nitriles is 1. The Bertz CT molecular complexity index is 1210. The van der Waals surface area contributed by atoms with Crippen LogP contribution in [0.4, 0.5) is 5.13 Å². The number of rotatable bonds is 8. The maximum atomic E-state index is 12.3. The van der Waals surface area contributed by atoms with Gasteiger partial charge >= 0.3 is 10.1 Å². The van der Waals surface area contributed by atoms with Crippen LogP contribution >= 0.6 is 11.3 Å². The van der Waals surface area contributed by atoms with Gasteiger partial charge in [-0.3, -0.25) is 10.1 Å². The average molecular weight is 471 g/mol. The molecule has 10 nitrogen and oxygen atoms in total. The van der Waals surface area contributed by atoms with E-state index < -0.39 is 25.9 Å². The number of carbonyl (C=O) groups excluding carboxylic acids is 1. The minimum atomic E-state index is -3.67. The maximum Gasteiger partial charge on any atom is 0.306 e. The third kappa shape index (κ3) is 6.90. The van der Waals surface area contributed by atoms with E-state index >= 15 is 0 Å². The summed E-state index contributed by atoms with van der Waals surface area (Å²) in [6, 6.07) is 7.42. The van der Waals surface area contributed by atoms with E-state index in [9.17, 15) is 26.9 Å². The second kappa shape index (κ2) is 9.33. The first-order valence-electron chi connectivity index (χ1n) is 8.38. The van der Waals surface area contributed by atoms with Crippen molar-refractivity contribution in [1.82, 2.24) is 10.2 Å². The molecule has 0 spiro atoms. The van der Waals surface area contributed by atoms with Gasteiger partial charge in [0.1, 0.15) is 17.4 Å². The Hall–Kier alpha value is -2.82. The number of hydrogen-bond donors (Lipinski definition) is 1. The van der Waals surface area contributed by atoms with Crippen LogP contribution in [0.5, 0.6) is 5.75 Å². The Morgan fingerprint density at radius 3 is 2.40 bits per heavy atom. The summed E-state index contributed by atoms with van der Waals surface area (Å²) in [6.45, 7) is 3.51. The fourth-order valence-electron chi connectivity index (χ4n) is 2.17. The van der Waals surface area contributed by atoms with Crippen molar-refractivity contribution < 1.29 is 25.8 Å². The molecule has 0 aliphatic heterocycles. The number of benzene rings is 1. The molecule has 0 aliphatic rings. The summed E-state index contributed by atoms with van der Waals surface area (Å²) in [5.41, 5.74) is 0.175. The first-order chi connectivity index (χ1) is 13.9. The zero-order chi connectivity index (χ0) is 22.5. The molecule has 1 aromatic heterocycles. The van der Waals surface area contributed by atoms with E-state index in [0.717, 1.165) is 6.26 Å². The van der Waals surface area contributed by atoms with Crippen molar-refractivity contribution in [1.29, 1.82) is 5.26 Å². The number of aromatic nitrogens is 2. The number of nitrogens with one attached hydrogen (secondary N) is 1. The van der Waals surface area contributed by atoms with Crippen molar-refractivity contribution in [3.05, 3.63) is 35.4 Å². The highest BCUT2D eigenvalue weighted by molar-refractivity contribution is 7.93. The predicted molar refractivity (Wildman–Crippen MR) is 111 cm³/mol. The molecular formula is C17H18N4O6S3. The van der Waals surface area contributed by atoms with Crippen molar-refractivity contribution in [3.63, 3.8) is 0 Å². The Morgan fingerprint density at radius 1 is 1.23 bits per heavy atom. The second-order valence-electron chi connectivity index (χ2n) is 6.53. The SMILES string of the molecule is CC(C)CS(=O)(=O)c1nnc(NC(=O)/C(C#N)=C\c2ccc(OS(C)(=O)=O)cc2)s1. The topological polar surface area (TPSA) is 156 Å². The van der Waals surface area contributed by atoms with E-state index in [1.165, 1.54) is 30.3 Å². The van der Waals surface area contributed by atoms with Crippen LogP contribution in [0.15, 0.2) is 34.2 Å². The van der Waals surface area contributed by atoms with Crippen LogP contribution in [0.1, 0.15) is 19.4 Å². The number of anilines is 1. The van der Waals surface area contributed by atoms with Crippen molar-refractivity contribution in [3.8, 4) is 11.8 Å². The van der Waals surface area contributed by atoms with E-state index in [0.29, 0.717) is 16.9 Å². The molecule has 160 valence electrons. The van der Waals surface area contributed by atoms with E-state index in [1.807, 2.05) is 0 Å². The molecule has 1 N–H and O–H groups in total. The third-order valence-corrected chi connectivity index (χ3v) is 7.11. The summed E-state index contributed by atoms with van der Waals surface area (Å²) in [6.07, 6.45) is 2.18. The van der Waals surface area contributed by atoms with Gasteiger partial charge in [0.2, 0.25) is 19.3 Å². The van der Waals surface area contributed by atoms with Gasteiger partial charge in [0, 0.05) is 0 Å². The second-order valence-corrected chi connectivity index (χ2v) is 11.3. The molecule has 13 heteroatoms. The number of carbonyl (C=O) groups is 1. The highest BCUT2D eigenvalue weighted by atomic mass is 32.2. The van der Waals surface area contributed by atoms with E-state index in [4.69, 9.17) is 4.18 Å². The summed E-state index contributed by atoms with van der Waals surface area (Å²) in [5.74, 6) is -0.906. The van der Waals surface area contributed by atoms with Crippen molar-refractivity contribution in [2.24, 2.45) is 5.92 Å². The molecule has 30 heavy (non-hydrogen) atoms. The molecule has 2 aromatic rings. The molecule has 1 heterocycles. The van der Waals surface area contributed by atoms with E-state index in [1.54, 1.807) is 19.9 Å². The van der Waals surface area contributed by atoms with E-state index in [-0.39, 0.29) is 32.5 Å². The molecule has 0 atom stereocenters. The van der Waals surface area contributed by atoms with Crippen LogP contribution < -0.4 is 9.50 Å². The van der Waals surface area contributed by atoms with Gasteiger partial charge < -0.3 is 4.18 Å². The van der Waals surface area contributed by atoms with Gasteiger partial charge in [-0.1, -0.05) is 37.3 Å². The molecule has 0 saturated heterocycles. The highest BCUT2D eigenvalue weighted by Gasteiger charge is 2.22. The highest BCUT2D eigenvalue weighted by Crippen LogP contribution is 2.23. The first-order valence-corrected chi connectivity index (χ1v) is 12.7. The monoisotopic (exact) mass is 470 g/mol. The van der Waals surface area contributed by atoms with E-state index in [2.05, 4.69) is 15.5 Å².